The number of rotatable bonds is 5. The SMILES string of the molecule is CCC(CC)(NC(=O)c1cn[nH]c1)C(N)=S. The van der Waals surface area contributed by atoms with Crippen molar-refractivity contribution >= 4 is 23.1 Å². The molecule has 0 spiro atoms. The van der Waals surface area contributed by atoms with Crippen LogP contribution >= 0.6 is 12.2 Å². The normalized spacial score (nSPS) is 11.1. The van der Waals surface area contributed by atoms with Crippen LogP contribution < -0.4 is 11.1 Å². The molecule has 0 bridgehead atoms. The lowest BCUT2D eigenvalue weighted by molar-refractivity contribution is 0.0920. The van der Waals surface area contributed by atoms with Crippen molar-refractivity contribution in [3.8, 4) is 0 Å². The van der Waals surface area contributed by atoms with E-state index in [-0.39, 0.29) is 5.91 Å². The Bertz CT molecular complexity index is 370. The molecule has 0 atom stereocenters. The molecule has 4 N–H and O–H groups in total. The number of amides is 1. The molecule has 0 aliphatic heterocycles. The standard InChI is InChI=1S/C10H16N4OS/c1-3-10(4-2,9(11)16)14-8(15)7-5-12-13-6-7/h5-6H,3-4H2,1-2H3,(H2,11,16)(H,12,13)(H,14,15). The number of H-pyrrole nitrogens is 1. The molecule has 0 aliphatic carbocycles. The summed E-state index contributed by atoms with van der Waals surface area (Å²) in [6.45, 7) is 3.89. The fourth-order valence-electron chi connectivity index (χ4n) is 1.50. The summed E-state index contributed by atoms with van der Waals surface area (Å²) < 4.78 is 0. The second-order valence-corrected chi connectivity index (χ2v) is 4.03. The lowest BCUT2D eigenvalue weighted by Gasteiger charge is -2.31. The highest BCUT2D eigenvalue weighted by atomic mass is 32.1. The first-order chi connectivity index (χ1) is 7.55. The predicted molar refractivity (Wildman–Crippen MR) is 66.2 cm³/mol. The van der Waals surface area contributed by atoms with E-state index in [4.69, 9.17) is 18.0 Å². The molecule has 0 aliphatic rings. The van der Waals surface area contributed by atoms with Gasteiger partial charge in [0, 0.05) is 6.20 Å². The van der Waals surface area contributed by atoms with Crippen LogP contribution in [0, 0.1) is 0 Å². The molecule has 0 unspecified atom stereocenters. The van der Waals surface area contributed by atoms with Crippen molar-refractivity contribution in [2.75, 3.05) is 0 Å². The van der Waals surface area contributed by atoms with E-state index in [1.807, 2.05) is 13.8 Å². The molecule has 0 saturated carbocycles. The Morgan fingerprint density at radius 1 is 1.62 bits per heavy atom. The Morgan fingerprint density at radius 2 is 2.25 bits per heavy atom. The van der Waals surface area contributed by atoms with Gasteiger partial charge >= 0.3 is 0 Å². The minimum atomic E-state index is -0.607. The maximum absolute atomic E-state index is 11.9. The number of hydrogen-bond acceptors (Lipinski definition) is 3. The number of aromatic nitrogens is 2. The third-order valence-corrected chi connectivity index (χ3v) is 3.18. The summed E-state index contributed by atoms with van der Waals surface area (Å²) in [5, 5.41) is 9.17. The maximum Gasteiger partial charge on any atom is 0.255 e. The number of hydrogen-bond donors (Lipinski definition) is 3. The van der Waals surface area contributed by atoms with Crippen LogP contribution in [-0.2, 0) is 0 Å². The van der Waals surface area contributed by atoms with Crippen molar-refractivity contribution in [3.05, 3.63) is 18.0 Å². The van der Waals surface area contributed by atoms with Gasteiger partial charge in [0.25, 0.3) is 5.91 Å². The van der Waals surface area contributed by atoms with Crippen molar-refractivity contribution in [2.24, 2.45) is 5.73 Å². The van der Waals surface area contributed by atoms with Gasteiger partial charge in [0.1, 0.15) is 0 Å². The fraction of sp³-hybridized carbons (Fsp3) is 0.500. The minimum Gasteiger partial charge on any atom is -0.391 e. The van der Waals surface area contributed by atoms with E-state index >= 15 is 0 Å². The molecule has 1 rings (SSSR count). The van der Waals surface area contributed by atoms with Gasteiger partial charge in [-0.1, -0.05) is 26.1 Å². The van der Waals surface area contributed by atoms with Crippen molar-refractivity contribution in [3.63, 3.8) is 0 Å². The Labute approximate surface area is 99.8 Å². The largest absolute Gasteiger partial charge is 0.391 e. The first kappa shape index (κ1) is 12.6. The number of nitrogens with zero attached hydrogens (tertiary/aromatic N) is 1. The zero-order valence-electron chi connectivity index (χ0n) is 9.41. The van der Waals surface area contributed by atoms with Crippen LogP contribution in [0.25, 0.3) is 0 Å². The van der Waals surface area contributed by atoms with E-state index in [9.17, 15) is 4.79 Å². The summed E-state index contributed by atoms with van der Waals surface area (Å²) in [6.07, 6.45) is 4.33. The van der Waals surface area contributed by atoms with Crippen LogP contribution in [0.2, 0.25) is 0 Å². The summed E-state index contributed by atoms with van der Waals surface area (Å²) in [6, 6.07) is 0. The molecule has 0 saturated heterocycles. The van der Waals surface area contributed by atoms with Crippen LogP contribution in [0.1, 0.15) is 37.0 Å². The summed E-state index contributed by atoms with van der Waals surface area (Å²) in [4.78, 5) is 12.2. The minimum absolute atomic E-state index is 0.217. The molecular weight excluding hydrogens is 224 g/mol. The molecule has 88 valence electrons. The molecule has 5 nitrogen and oxygen atoms in total. The van der Waals surface area contributed by atoms with Crippen LogP contribution in [0.4, 0.5) is 0 Å². The summed E-state index contributed by atoms with van der Waals surface area (Å²) >= 11 is 5.01. The van der Waals surface area contributed by atoms with E-state index in [2.05, 4.69) is 15.5 Å². The van der Waals surface area contributed by atoms with E-state index in [0.717, 1.165) is 0 Å². The highest BCUT2D eigenvalue weighted by Crippen LogP contribution is 2.16. The highest BCUT2D eigenvalue weighted by molar-refractivity contribution is 7.80. The van der Waals surface area contributed by atoms with Gasteiger partial charge in [-0.25, -0.2) is 0 Å². The smallest absolute Gasteiger partial charge is 0.255 e. The Morgan fingerprint density at radius 3 is 2.62 bits per heavy atom. The molecule has 1 amide bonds. The third-order valence-electron chi connectivity index (χ3n) is 2.79. The summed E-state index contributed by atoms with van der Waals surface area (Å²) in [7, 11) is 0. The summed E-state index contributed by atoms with van der Waals surface area (Å²) in [5.74, 6) is -0.217. The molecule has 6 heteroatoms. The quantitative estimate of drug-likeness (QED) is 0.670. The molecule has 1 aromatic heterocycles. The topological polar surface area (TPSA) is 83.8 Å². The second kappa shape index (κ2) is 5.07. The Kier molecular flexibility index (Phi) is 4.00. The van der Waals surface area contributed by atoms with Gasteiger partial charge in [-0.2, -0.15) is 5.10 Å². The second-order valence-electron chi connectivity index (χ2n) is 3.59. The monoisotopic (exact) mass is 240 g/mol. The van der Waals surface area contributed by atoms with Crippen LogP contribution in [0.15, 0.2) is 12.4 Å². The number of thiocarbonyl (C=S) groups is 1. The van der Waals surface area contributed by atoms with Gasteiger partial charge < -0.3 is 11.1 Å². The zero-order valence-corrected chi connectivity index (χ0v) is 10.2. The average Bonchev–Trinajstić information content (AvgIpc) is 2.78. The first-order valence-electron chi connectivity index (χ1n) is 5.17. The van der Waals surface area contributed by atoms with Crippen molar-refractivity contribution < 1.29 is 4.79 Å². The Balaban J connectivity index is 2.84. The van der Waals surface area contributed by atoms with Gasteiger partial charge in [0.15, 0.2) is 0 Å². The maximum atomic E-state index is 11.9. The number of aromatic amines is 1. The van der Waals surface area contributed by atoms with E-state index in [1.165, 1.54) is 12.4 Å². The molecule has 16 heavy (non-hydrogen) atoms. The number of nitrogens with two attached hydrogens (primary N) is 1. The van der Waals surface area contributed by atoms with Gasteiger partial charge in [0.05, 0.1) is 22.3 Å². The molecule has 1 aromatic rings. The number of carbonyl (C=O) groups excluding carboxylic acids is 1. The molecule has 1 heterocycles. The van der Waals surface area contributed by atoms with Gasteiger partial charge in [0.2, 0.25) is 0 Å². The van der Waals surface area contributed by atoms with Gasteiger partial charge in [-0.05, 0) is 12.8 Å². The molecule has 0 aromatic carbocycles. The lowest BCUT2D eigenvalue weighted by Crippen LogP contribution is -2.55. The predicted octanol–water partition coefficient (Wildman–Crippen LogP) is 0.984. The Hall–Kier alpha value is -1.43. The average molecular weight is 240 g/mol. The highest BCUT2D eigenvalue weighted by Gasteiger charge is 2.31. The zero-order chi connectivity index (χ0) is 12.2. The van der Waals surface area contributed by atoms with Crippen molar-refractivity contribution in [1.82, 2.24) is 15.5 Å². The third kappa shape index (κ3) is 2.38. The van der Waals surface area contributed by atoms with Gasteiger partial charge in [-0.15, -0.1) is 0 Å². The van der Waals surface area contributed by atoms with E-state index < -0.39 is 5.54 Å². The van der Waals surface area contributed by atoms with Crippen LogP contribution in [0.3, 0.4) is 0 Å². The van der Waals surface area contributed by atoms with Gasteiger partial charge in [-0.3, -0.25) is 9.89 Å². The lowest BCUT2D eigenvalue weighted by atomic mass is 9.92. The number of carbonyl (C=O) groups is 1. The molecular formula is C10H16N4OS. The number of nitrogens with one attached hydrogen (secondary N) is 2. The molecule has 0 radical (unpaired) electrons. The van der Waals surface area contributed by atoms with Crippen LogP contribution in [0.5, 0.6) is 0 Å². The first-order valence-corrected chi connectivity index (χ1v) is 5.57. The fourth-order valence-corrected chi connectivity index (χ4v) is 1.84. The van der Waals surface area contributed by atoms with Crippen molar-refractivity contribution in [2.45, 2.75) is 32.2 Å². The summed E-state index contributed by atoms with van der Waals surface area (Å²) in [5.41, 5.74) is 5.55. The van der Waals surface area contributed by atoms with E-state index in [0.29, 0.717) is 23.4 Å². The van der Waals surface area contributed by atoms with E-state index in [1.54, 1.807) is 0 Å². The van der Waals surface area contributed by atoms with Crippen molar-refractivity contribution in [1.29, 1.82) is 0 Å². The molecule has 0 fully saturated rings. The van der Waals surface area contributed by atoms with Crippen LogP contribution in [-0.4, -0.2) is 26.6 Å².